The van der Waals surface area contributed by atoms with Crippen molar-refractivity contribution in [2.24, 2.45) is 0 Å². The van der Waals surface area contributed by atoms with Gasteiger partial charge >= 0.3 is 0 Å². The Hall–Kier alpha value is -1.94. The van der Waals surface area contributed by atoms with Gasteiger partial charge in [-0.25, -0.2) is 4.98 Å². The summed E-state index contributed by atoms with van der Waals surface area (Å²) in [5, 5.41) is 1.03. The van der Waals surface area contributed by atoms with E-state index in [-0.39, 0.29) is 0 Å². The molecule has 0 bridgehead atoms. The first-order valence-electron chi connectivity index (χ1n) is 6.44. The average molecular weight is 284 g/mol. The highest BCUT2D eigenvalue weighted by molar-refractivity contribution is 7.98. The molecule has 3 nitrogen and oxygen atoms in total. The number of hydrogen-bond donors (Lipinski definition) is 0. The summed E-state index contributed by atoms with van der Waals surface area (Å²) in [7, 11) is 1.68. The molecule has 102 valence electrons. The Bertz CT molecular complexity index is 722. The fraction of sp³-hybridized carbons (Fsp3) is 0.188. The molecule has 3 rings (SSSR count). The predicted octanol–water partition coefficient (Wildman–Crippen LogP) is 3.82. The molecule has 0 unspecified atom stereocenters. The highest BCUT2D eigenvalue weighted by Gasteiger charge is 2.11. The summed E-state index contributed by atoms with van der Waals surface area (Å²) in [5.41, 5.74) is 3.39. The fourth-order valence-corrected chi connectivity index (χ4v) is 2.86. The third-order valence-corrected chi connectivity index (χ3v) is 3.96. The van der Waals surface area contributed by atoms with Gasteiger partial charge in [-0.1, -0.05) is 42.1 Å². The third kappa shape index (κ3) is 2.39. The van der Waals surface area contributed by atoms with Gasteiger partial charge in [0.05, 0.1) is 24.7 Å². The second kappa shape index (κ2) is 5.59. The normalized spacial score (nSPS) is 10.9. The zero-order valence-corrected chi connectivity index (χ0v) is 12.4. The number of aromatic nitrogens is 2. The second-order valence-electron chi connectivity index (χ2n) is 4.52. The van der Waals surface area contributed by atoms with Gasteiger partial charge in [-0.05, 0) is 24.0 Å². The molecule has 1 aromatic heterocycles. The fourth-order valence-electron chi connectivity index (χ4n) is 2.29. The summed E-state index contributed by atoms with van der Waals surface area (Å²) in [6.45, 7) is 0.833. The van der Waals surface area contributed by atoms with E-state index in [0.717, 1.165) is 28.5 Å². The van der Waals surface area contributed by atoms with Crippen LogP contribution in [0.2, 0.25) is 0 Å². The largest absolute Gasteiger partial charge is 0.497 e. The van der Waals surface area contributed by atoms with Crippen LogP contribution >= 0.6 is 11.8 Å². The van der Waals surface area contributed by atoms with Crippen molar-refractivity contribution >= 4 is 22.8 Å². The molecule has 1 heterocycles. The number of ether oxygens (including phenoxy) is 1. The van der Waals surface area contributed by atoms with Crippen LogP contribution in [0.1, 0.15) is 5.56 Å². The van der Waals surface area contributed by atoms with Crippen molar-refractivity contribution in [1.82, 2.24) is 9.55 Å². The molecule has 20 heavy (non-hydrogen) atoms. The van der Waals surface area contributed by atoms with Crippen LogP contribution in [0, 0.1) is 0 Å². The molecule has 0 saturated heterocycles. The van der Waals surface area contributed by atoms with Gasteiger partial charge < -0.3 is 9.30 Å². The van der Waals surface area contributed by atoms with Crippen LogP contribution < -0.4 is 4.74 Å². The molecule has 0 saturated carbocycles. The van der Waals surface area contributed by atoms with E-state index >= 15 is 0 Å². The topological polar surface area (TPSA) is 27.1 Å². The number of methoxy groups -OCH3 is 1. The van der Waals surface area contributed by atoms with Gasteiger partial charge in [-0.3, -0.25) is 0 Å². The number of benzene rings is 2. The minimum absolute atomic E-state index is 0.833. The van der Waals surface area contributed by atoms with E-state index in [1.807, 2.05) is 18.2 Å². The maximum absolute atomic E-state index is 5.27. The second-order valence-corrected chi connectivity index (χ2v) is 5.30. The Kier molecular flexibility index (Phi) is 3.65. The number of nitrogens with zero attached hydrogens (tertiary/aromatic N) is 2. The molecule has 0 spiro atoms. The first-order valence-corrected chi connectivity index (χ1v) is 7.66. The molecule has 2 aromatic carbocycles. The van der Waals surface area contributed by atoms with Gasteiger partial charge in [-0.15, -0.1) is 0 Å². The number of thioether (sulfide) groups is 1. The van der Waals surface area contributed by atoms with Crippen LogP contribution in [0.25, 0.3) is 11.0 Å². The van der Waals surface area contributed by atoms with Gasteiger partial charge in [0.1, 0.15) is 5.75 Å². The van der Waals surface area contributed by atoms with Crippen LogP contribution in [0.15, 0.2) is 53.7 Å². The molecule has 3 aromatic rings. The van der Waals surface area contributed by atoms with Crippen molar-refractivity contribution < 1.29 is 4.74 Å². The summed E-state index contributed by atoms with van der Waals surface area (Å²) in [6.07, 6.45) is 2.06. The van der Waals surface area contributed by atoms with Crippen LogP contribution in [0.5, 0.6) is 5.75 Å². The smallest absolute Gasteiger partial charge is 0.169 e. The quantitative estimate of drug-likeness (QED) is 0.682. The van der Waals surface area contributed by atoms with E-state index < -0.39 is 0 Å². The lowest BCUT2D eigenvalue weighted by Crippen LogP contribution is -2.00. The Morgan fingerprint density at radius 2 is 1.95 bits per heavy atom. The lowest BCUT2D eigenvalue weighted by molar-refractivity contribution is 0.415. The summed E-state index contributed by atoms with van der Waals surface area (Å²) >= 11 is 1.66. The van der Waals surface area contributed by atoms with E-state index in [4.69, 9.17) is 4.74 Å². The number of imidazole rings is 1. The van der Waals surface area contributed by atoms with E-state index in [1.165, 1.54) is 5.56 Å². The molecule has 0 radical (unpaired) electrons. The van der Waals surface area contributed by atoms with E-state index in [2.05, 4.69) is 46.1 Å². The Balaban J connectivity index is 2.08. The highest BCUT2D eigenvalue weighted by Crippen LogP contribution is 2.26. The minimum atomic E-state index is 0.833. The first-order chi connectivity index (χ1) is 9.81. The maximum atomic E-state index is 5.27. The van der Waals surface area contributed by atoms with Crippen molar-refractivity contribution in [2.45, 2.75) is 11.7 Å². The summed E-state index contributed by atoms with van der Waals surface area (Å²) in [6, 6.07) is 16.5. The molecule has 0 fully saturated rings. The Morgan fingerprint density at radius 1 is 1.15 bits per heavy atom. The van der Waals surface area contributed by atoms with Crippen molar-refractivity contribution in [1.29, 1.82) is 0 Å². The third-order valence-electron chi connectivity index (χ3n) is 3.29. The maximum Gasteiger partial charge on any atom is 0.169 e. The molecule has 0 aliphatic heterocycles. The molecule has 4 heteroatoms. The summed E-state index contributed by atoms with van der Waals surface area (Å²) < 4.78 is 7.51. The van der Waals surface area contributed by atoms with Crippen molar-refractivity contribution in [3.8, 4) is 5.75 Å². The van der Waals surface area contributed by atoms with Crippen molar-refractivity contribution in [2.75, 3.05) is 13.4 Å². The van der Waals surface area contributed by atoms with E-state index in [9.17, 15) is 0 Å². The van der Waals surface area contributed by atoms with Gasteiger partial charge in [0.2, 0.25) is 0 Å². The lowest BCUT2D eigenvalue weighted by atomic mass is 10.2. The number of rotatable bonds is 4. The Morgan fingerprint density at radius 3 is 2.65 bits per heavy atom. The average Bonchev–Trinajstić information content (AvgIpc) is 2.85. The van der Waals surface area contributed by atoms with Gasteiger partial charge in [0.15, 0.2) is 5.16 Å². The number of fused-ring (bicyclic) bond motifs is 1. The Labute approximate surface area is 122 Å². The number of hydrogen-bond acceptors (Lipinski definition) is 3. The molecular weight excluding hydrogens is 268 g/mol. The predicted molar refractivity (Wildman–Crippen MR) is 83.6 cm³/mol. The minimum Gasteiger partial charge on any atom is -0.497 e. The van der Waals surface area contributed by atoms with Crippen LogP contribution in [0.4, 0.5) is 0 Å². The summed E-state index contributed by atoms with van der Waals surface area (Å²) in [5.74, 6) is 0.842. The molecular formula is C16H16N2OS. The zero-order chi connectivity index (χ0) is 13.9. The molecule has 0 N–H and O–H groups in total. The van der Waals surface area contributed by atoms with Gasteiger partial charge in [0.25, 0.3) is 0 Å². The standard InChI is InChI=1S/C16H16N2OS/c1-19-13-8-9-15-14(10-13)17-16(20-2)18(15)11-12-6-4-3-5-7-12/h3-10H,11H2,1-2H3. The highest BCUT2D eigenvalue weighted by atomic mass is 32.2. The SMILES string of the molecule is COc1ccc2c(c1)nc(SC)n2Cc1ccccc1. The van der Waals surface area contributed by atoms with Crippen LogP contribution in [-0.4, -0.2) is 22.9 Å². The molecule has 0 aliphatic carbocycles. The molecule has 0 aliphatic rings. The first kappa shape index (κ1) is 13.1. The monoisotopic (exact) mass is 284 g/mol. The van der Waals surface area contributed by atoms with Gasteiger partial charge in [-0.2, -0.15) is 0 Å². The van der Waals surface area contributed by atoms with Gasteiger partial charge in [0, 0.05) is 6.07 Å². The van der Waals surface area contributed by atoms with E-state index in [0.29, 0.717) is 0 Å². The lowest BCUT2D eigenvalue weighted by Gasteiger charge is -2.08. The van der Waals surface area contributed by atoms with Crippen molar-refractivity contribution in [3.05, 3.63) is 54.1 Å². The van der Waals surface area contributed by atoms with Crippen LogP contribution in [-0.2, 0) is 6.54 Å². The molecule has 0 amide bonds. The van der Waals surface area contributed by atoms with E-state index in [1.54, 1.807) is 18.9 Å². The van der Waals surface area contributed by atoms with Crippen molar-refractivity contribution in [3.63, 3.8) is 0 Å². The van der Waals surface area contributed by atoms with Crippen LogP contribution in [0.3, 0.4) is 0 Å². The summed E-state index contributed by atoms with van der Waals surface area (Å²) in [4.78, 5) is 4.68. The molecule has 0 atom stereocenters. The zero-order valence-electron chi connectivity index (χ0n) is 11.5.